The van der Waals surface area contributed by atoms with E-state index in [9.17, 15) is 0 Å². The molecule has 204 valence electrons. The summed E-state index contributed by atoms with van der Waals surface area (Å²) in [4.78, 5) is 9.92. The molecule has 0 fully saturated rings. The van der Waals surface area contributed by atoms with Crippen molar-refractivity contribution in [3.63, 3.8) is 0 Å². The van der Waals surface area contributed by atoms with Gasteiger partial charge < -0.3 is 9.13 Å². The lowest BCUT2D eigenvalue weighted by atomic mass is 9.86. The number of aryl methyl sites for hydroxylation is 3. The van der Waals surface area contributed by atoms with Crippen LogP contribution in [-0.2, 0) is 14.1 Å². The highest BCUT2D eigenvalue weighted by molar-refractivity contribution is 5.92. The van der Waals surface area contributed by atoms with Crippen LogP contribution in [0.25, 0.3) is 61.5 Å². The zero-order valence-electron chi connectivity index (χ0n) is 24.3. The fourth-order valence-electron chi connectivity index (χ4n) is 6.18. The molecule has 4 heteroatoms. The summed E-state index contributed by atoms with van der Waals surface area (Å²) in [5, 5.41) is 0. The molecule has 0 spiro atoms. The maximum atomic E-state index is 4.96. The highest BCUT2D eigenvalue weighted by atomic mass is 15.1. The molecule has 0 bridgehead atoms. The fraction of sp³-hybridized carbons (Fsp3) is 0.105. The molecule has 0 N–H and O–H groups in total. The number of nitrogens with zero attached hydrogens (tertiary/aromatic N) is 4. The Morgan fingerprint density at radius 1 is 0.595 bits per heavy atom. The molecule has 0 radical (unpaired) electrons. The topological polar surface area (TPSA) is 35.6 Å². The molecule has 0 saturated heterocycles. The summed E-state index contributed by atoms with van der Waals surface area (Å²) in [5.41, 5.74) is 13.7. The van der Waals surface area contributed by atoms with E-state index in [-0.39, 0.29) is 0 Å². The van der Waals surface area contributed by atoms with E-state index in [2.05, 4.69) is 146 Å². The van der Waals surface area contributed by atoms with E-state index < -0.39 is 0 Å². The van der Waals surface area contributed by atoms with Crippen molar-refractivity contribution in [2.24, 2.45) is 14.1 Å². The van der Waals surface area contributed by atoms with Crippen LogP contribution in [0, 0.1) is 6.92 Å². The normalized spacial score (nSPS) is 12.0. The Morgan fingerprint density at radius 3 is 1.76 bits per heavy atom. The second-order valence-electron chi connectivity index (χ2n) is 10.8. The van der Waals surface area contributed by atoms with Gasteiger partial charge in [-0.05, 0) is 83.6 Å². The predicted molar refractivity (Wildman–Crippen MR) is 175 cm³/mol. The molecule has 4 nitrogen and oxygen atoms in total. The molecule has 0 saturated carbocycles. The number of aromatic nitrogens is 4. The van der Waals surface area contributed by atoms with E-state index in [1.54, 1.807) is 0 Å². The first-order chi connectivity index (χ1) is 20.5. The minimum absolute atomic E-state index is 0.966. The summed E-state index contributed by atoms with van der Waals surface area (Å²) >= 11 is 0. The molecular weight excluding hydrogens is 512 g/mol. The molecule has 0 unspecified atom stereocenters. The highest BCUT2D eigenvalue weighted by Gasteiger charge is 2.17. The minimum atomic E-state index is 0.966. The molecule has 7 rings (SSSR count). The SMILES string of the molecule is C/C=C(/c1cccc(-c2nc3ccccc3n2C)c1)c1c(C)cccc1-c1cccc(-c2nc3ccccc3n2C)c1. The minimum Gasteiger partial charge on any atom is -0.327 e. The van der Waals surface area contributed by atoms with E-state index in [0.29, 0.717) is 0 Å². The van der Waals surface area contributed by atoms with Gasteiger partial charge >= 0.3 is 0 Å². The summed E-state index contributed by atoms with van der Waals surface area (Å²) in [6.07, 6.45) is 2.23. The molecule has 7 aromatic rings. The van der Waals surface area contributed by atoms with Crippen LogP contribution in [0.4, 0.5) is 0 Å². The van der Waals surface area contributed by atoms with Crippen LogP contribution in [-0.4, -0.2) is 19.1 Å². The van der Waals surface area contributed by atoms with Crippen LogP contribution >= 0.6 is 0 Å². The molecule has 0 atom stereocenters. The summed E-state index contributed by atoms with van der Waals surface area (Å²) < 4.78 is 4.35. The second-order valence-corrected chi connectivity index (χ2v) is 10.8. The van der Waals surface area contributed by atoms with Gasteiger partial charge in [0.1, 0.15) is 11.6 Å². The van der Waals surface area contributed by atoms with Crippen molar-refractivity contribution >= 4 is 27.6 Å². The number of benzene rings is 5. The Hall–Kier alpha value is -5.22. The molecule has 5 aromatic carbocycles. The van der Waals surface area contributed by atoms with Crippen molar-refractivity contribution in [2.75, 3.05) is 0 Å². The molecule has 0 aliphatic carbocycles. The van der Waals surface area contributed by atoms with Gasteiger partial charge in [0, 0.05) is 25.2 Å². The summed E-state index contributed by atoms with van der Waals surface area (Å²) in [7, 11) is 4.18. The van der Waals surface area contributed by atoms with Crippen LogP contribution in [0.5, 0.6) is 0 Å². The van der Waals surface area contributed by atoms with Crippen LogP contribution in [0.2, 0.25) is 0 Å². The predicted octanol–water partition coefficient (Wildman–Crippen LogP) is 9.22. The fourth-order valence-corrected chi connectivity index (χ4v) is 6.18. The number of hydrogen-bond donors (Lipinski definition) is 0. The zero-order chi connectivity index (χ0) is 28.8. The smallest absolute Gasteiger partial charge is 0.140 e. The number of imidazole rings is 2. The molecule has 2 heterocycles. The number of fused-ring (bicyclic) bond motifs is 2. The van der Waals surface area contributed by atoms with Crippen LogP contribution < -0.4 is 0 Å². The standard InChI is InChI=1S/C38H32N4/c1-5-30(26-14-11-16-28(23-26)37-39-32-19-6-8-21-34(32)41(37)3)36-25(2)13-10-18-31(36)27-15-12-17-29(24-27)38-40-33-20-7-9-22-35(33)42(38)4/h5-24H,1-4H3/b30-5-. The molecular formula is C38H32N4. The summed E-state index contributed by atoms with van der Waals surface area (Å²) in [5.74, 6) is 1.93. The maximum Gasteiger partial charge on any atom is 0.140 e. The molecule has 0 aliphatic heterocycles. The van der Waals surface area contributed by atoms with Gasteiger partial charge in [0.25, 0.3) is 0 Å². The average Bonchev–Trinajstić information content (AvgIpc) is 3.55. The summed E-state index contributed by atoms with van der Waals surface area (Å²) in [6, 6.07) is 40.7. The number of hydrogen-bond acceptors (Lipinski definition) is 2. The third-order valence-corrected chi connectivity index (χ3v) is 8.27. The number of rotatable bonds is 5. The molecule has 0 amide bonds. The van der Waals surface area contributed by atoms with Crippen LogP contribution in [0.1, 0.15) is 23.6 Å². The molecule has 42 heavy (non-hydrogen) atoms. The Kier molecular flexibility index (Phi) is 6.32. The number of para-hydroxylation sites is 4. The Bertz CT molecular complexity index is 2140. The van der Waals surface area contributed by atoms with Gasteiger partial charge in [-0.1, -0.05) is 84.9 Å². The maximum absolute atomic E-state index is 4.96. The van der Waals surface area contributed by atoms with Gasteiger partial charge in [0.05, 0.1) is 22.1 Å². The van der Waals surface area contributed by atoms with Crippen LogP contribution in [0.15, 0.2) is 121 Å². The van der Waals surface area contributed by atoms with Crippen molar-refractivity contribution in [1.29, 1.82) is 0 Å². The van der Waals surface area contributed by atoms with Crippen molar-refractivity contribution in [1.82, 2.24) is 19.1 Å². The largest absolute Gasteiger partial charge is 0.327 e. The third-order valence-electron chi connectivity index (χ3n) is 8.27. The quantitative estimate of drug-likeness (QED) is 0.216. The van der Waals surface area contributed by atoms with Crippen molar-refractivity contribution in [3.8, 4) is 33.9 Å². The zero-order valence-corrected chi connectivity index (χ0v) is 24.3. The van der Waals surface area contributed by atoms with Gasteiger partial charge in [-0.25, -0.2) is 9.97 Å². The third kappa shape index (κ3) is 4.24. The van der Waals surface area contributed by atoms with E-state index in [1.807, 2.05) is 12.1 Å². The van der Waals surface area contributed by atoms with Gasteiger partial charge in [0.15, 0.2) is 0 Å². The van der Waals surface area contributed by atoms with E-state index in [1.165, 1.54) is 33.4 Å². The Morgan fingerprint density at radius 2 is 1.14 bits per heavy atom. The molecule has 2 aromatic heterocycles. The van der Waals surface area contributed by atoms with Crippen molar-refractivity contribution in [3.05, 3.63) is 138 Å². The first kappa shape index (κ1) is 25.7. The number of allylic oxidation sites excluding steroid dienone is 1. The first-order valence-corrected chi connectivity index (χ1v) is 14.3. The first-order valence-electron chi connectivity index (χ1n) is 14.3. The van der Waals surface area contributed by atoms with Crippen molar-refractivity contribution in [2.45, 2.75) is 13.8 Å². The average molecular weight is 545 g/mol. The van der Waals surface area contributed by atoms with E-state index >= 15 is 0 Å². The van der Waals surface area contributed by atoms with E-state index in [4.69, 9.17) is 9.97 Å². The highest BCUT2D eigenvalue weighted by Crippen LogP contribution is 2.38. The van der Waals surface area contributed by atoms with Gasteiger partial charge in [-0.2, -0.15) is 0 Å². The lowest BCUT2D eigenvalue weighted by Crippen LogP contribution is -1.98. The monoisotopic (exact) mass is 544 g/mol. The van der Waals surface area contributed by atoms with Crippen LogP contribution in [0.3, 0.4) is 0 Å². The van der Waals surface area contributed by atoms with Crippen molar-refractivity contribution < 1.29 is 0 Å². The van der Waals surface area contributed by atoms with Gasteiger partial charge in [-0.3, -0.25) is 0 Å². The Labute approximate surface area is 246 Å². The summed E-state index contributed by atoms with van der Waals surface area (Å²) in [6.45, 7) is 4.33. The van der Waals surface area contributed by atoms with Gasteiger partial charge in [-0.15, -0.1) is 0 Å². The second kappa shape index (κ2) is 10.3. The Balaban J connectivity index is 1.34. The van der Waals surface area contributed by atoms with Gasteiger partial charge in [0.2, 0.25) is 0 Å². The molecule has 0 aliphatic rings. The van der Waals surface area contributed by atoms with E-state index in [0.717, 1.165) is 44.8 Å². The lowest BCUT2D eigenvalue weighted by molar-refractivity contribution is 0.959. The lowest BCUT2D eigenvalue weighted by Gasteiger charge is -2.18.